The van der Waals surface area contributed by atoms with Crippen LogP contribution >= 0.6 is 0 Å². The maximum absolute atomic E-state index is 2.50. The third-order valence-electron chi connectivity index (χ3n) is 12.8. The molecule has 0 amide bonds. The Hall–Kier alpha value is -8.34. The molecule has 1 aliphatic rings. The van der Waals surface area contributed by atoms with Crippen LogP contribution in [0.3, 0.4) is 0 Å². The Morgan fingerprint density at radius 1 is 0.344 bits per heavy atom. The van der Waals surface area contributed by atoms with Crippen molar-refractivity contribution >= 4 is 77.7 Å². The van der Waals surface area contributed by atoms with E-state index >= 15 is 0 Å². The molecule has 64 heavy (non-hydrogen) atoms. The van der Waals surface area contributed by atoms with Crippen LogP contribution in [0, 0.1) is 0 Å². The molecule has 11 aromatic rings. The average Bonchev–Trinajstić information content (AvgIpc) is 3.88. The van der Waals surface area contributed by atoms with Gasteiger partial charge in [0.25, 0.3) is 0 Å². The van der Waals surface area contributed by atoms with E-state index in [9.17, 15) is 0 Å². The maximum atomic E-state index is 2.50. The van der Waals surface area contributed by atoms with Crippen LogP contribution < -0.4 is 9.80 Å². The first-order valence-electron chi connectivity index (χ1n) is 22.1. The number of fused-ring (bicyclic) bond motifs is 6. The van der Waals surface area contributed by atoms with Gasteiger partial charge in [0.15, 0.2) is 0 Å². The number of allylic oxidation sites excluding steroid dienone is 4. The molecule has 0 aliphatic heterocycles. The summed E-state index contributed by atoms with van der Waals surface area (Å²) in [6, 6.07) is 81.6. The molecular formula is C60H44N4. The van der Waals surface area contributed by atoms with Crippen molar-refractivity contribution in [3.63, 3.8) is 0 Å². The van der Waals surface area contributed by atoms with E-state index in [1.54, 1.807) is 0 Å². The average molecular weight is 821 g/mol. The predicted molar refractivity (Wildman–Crippen MR) is 271 cm³/mol. The first-order valence-corrected chi connectivity index (χ1v) is 22.1. The number of para-hydroxylation sites is 5. The fourth-order valence-electron chi connectivity index (χ4n) is 9.86. The lowest BCUT2D eigenvalue weighted by Gasteiger charge is -2.26. The highest BCUT2D eigenvalue weighted by molar-refractivity contribution is 6.11. The summed E-state index contributed by atoms with van der Waals surface area (Å²) in [6.07, 6.45) is 9.89. The van der Waals surface area contributed by atoms with Crippen LogP contribution in [0.2, 0.25) is 0 Å². The molecule has 12 rings (SSSR count). The van der Waals surface area contributed by atoms with Crippen LogP contribution in [0.5, 0.6) is 0 Å². The van der Waals surface area contributed by atoms with Crippen molar-refractivity contribution < 1.29 is 0 Å². The minimum atomic E-state index is 0.287. The van der Waals surface area contributed by atoms with E-state index in [-0.39, 0.29) is 6.04 Å². The summed E-state index contributed by atoms with van der Waals surface area (Å²) in [5.41, 5.74) is 15.1. The number of benzene rings is 9. The molecule has 2 aromatic heterocycles. The standard InChI is InChI=1S/C60H44N4/c1-5-17-45(18-6-1)61(51-37-39-59-55(41-51)53-25-13-15-27-57(53)63(59)47-21-9-3-10-22-47)49-33-29-43(30-34-49)44-31-35-50(36-32-44)62(46-19-7-2-8-20-46)52-38-40-60-56(42-52)54-26-14-16-28-58(54)64(60)48-23-11-4-12-24-48/h1-23,25-42,48H,24H2. The van der Waals surface area contributed by atoms with Gasteiger partial charge >= 0.3 is 0 Å². The Morgan fingerprint density at radius 2 is 0.766 bits per heavy atom. The fraction of sp³-hybridized carbons (Fsp3) is 0.0333. The second-order valence-corrected chi connectivity index (χ2v) is 16.5. The van der Waals surface area contributed by atoms with Gasteiger partial charge in [0.05, 0.1) is 17.1 Å². The van der Waals surface area contributed by atoms with Gasteiger partial charge in [0.1, 0.15) is 0 Å². The highest BCUT2D eigenvalue weighted by Crippen LogP contribution is 2.43. The Morgan fingerprint density at radius 3 is 1.33 bits per heavy atom. The molecule has 304 valence electrons. The smallest absolute Gasteiger partial charge is 0.0560 e. The first-order chi connectivity index (χ1) is 31.8. The summed E-state index contributed by atoms with van der Waals surface area (Å²) in [7, 11) is 0. The zero-order valence-corrected chi connectivity index (χ0v) is 35.2. The fourth-order valence-corrected chi connectivity index (χ4v) is 9.86. The zero-order chi connectivity index (χ0) is 42.4. The number of anilines is 6. The molecule has 1 aliphatic carbocycles. The van der Waals surface area contributed by atoms with Gasteiger partial charge in [0, 0.05) is 72.4 Å². The van der Waals surface area contributed by atoms with Crippen LogP contribution in [0.25, 0.3) is 60.4 Å². The van der Waals surface area contributed by atoms with E-state index < -0.39 is 0 Å². The van der Waals surface area contributed by atoms with Crippen LogP contribution in [0.1, 0.15) is 12.5 Å². The van der Waals surface area contributed by atoms with Gasteiger partial charge in [-0.25, -0.2) is 0 Å². The minimum absolute atomic E-state index is 0.287. The van der Waals surface area contributed by atoms with Gasteiger partial charge < -0.3 is 18.9 Å². The number of aromatic nitrogens is 2. The van der Waals surface area contributed by atoms with Crippen molar-refractivity contribution in [2.24, 2.45) is 0 Å². The Labute approximate surface area is 373 Å². The molecule has 4 nitrogen and oxygen atoms in total. The van der Waals surface area contributed by atoms with Gasteiger partial charge in [-0.05, 0) is 127 Å². The highest BCUT2D eigenvalue weighted by Gasteiger charge is 2.21. The molecule has 0 fully saturated rings. The number of hydrogen-bond donors (Lipinski definition) is 0. The number of hydrogen-bond acceptors (Lipinski definition) is 2. The normalized spacial score (nSPS) is 13.6. The Bertz CT molecular complexity index is 3510. The van der Waals surface area contributed by atoms with Gasteiger partial charge in [-0.3, -0.25) is 0 Å². The van der Waals surface area contributed by atoms with Crippen LogP contribution in [-0.4, -0.2) is 9.13 Å². The second kappa shape index (κ2) is 15.8. The summed E-state index contributed by atoms with van der Waals surface area (Å²) in [6.45, 7) is 0. The SMILES string of the molecule is C1=CCC(n2c3ccccc3c3cc(N(c4ccccc4)c4ccc(-c5ccc(N(c6ccccc6)c6ccc7c(c6)c6ccccc6n7-c6ccccc6)cc5)cc4)ccc32)C=C1. The second-order valence-electron chi connectivity index (χ2n) is 16.5. The molecule has 1 atom stereocenters. The summed E-state index contributed by atoms with van der Waals surface area (Å²) in [5.74, 6) is 0. The quantitative estimate of drug-likeness (QED) is 0.144. The lowest BCUT2D eigenvalue weighted by molar-refractivity contribution is 0.648. The molecule has 0 saturated carbocycles. The van der Waals surface area contributed by atoms with Crippen molar-refractivity contribution in [3.8, 4) is 16.8 Å². The van der Waals surface area contributed by atoms with Crippen molar-refractivity contribution in [2.45, 2.75) is 12.5 Å². The number of rotatable bonds is 9. The lowest BCUT2D eigenvalue weighted by Crippen LogP contribution is -2.10. The predicted octanol–water partition coefficient (Wildman–Crippen LogP) is 16.6. The number of nitrogens with zero attached hydrogens (tertiary/aromatic N) is 4. The lowest BCUT2D eigenvalue weighted by atomic mass is 10.0. The molecule has 0 bridgehead atoms. The minimum Gasteiger partial charge on any atom is -0.333 e. The summed E-state index contributed by atoms with van der Waals surface area (Å²) >= 11 is 0. The summed E-state index contributed by atoms with van der Waals surface area (Å²) < 4.78 is 4.87. The van der Waals surface area contributed by atoms with Gasteiger partial charge in [-0.15, -0.1) is 0 Å². The first kappa shape index (κ1) is 37.4. The zero-order valence-electron chi connectivity index (χ0n) is 35.2. The third-order valence-corrected chi connectivity index (χ3v) is 12.8. The summed E-state index contributed by atoms with van der Waals surface area (Å²) in [4.78, 5) is 4.73. The van der Waals surface area contributed by atoms with Gasteiger partial charge in [-0.1, -0.05) is 140 Å². The van der Waals surface area contributed by atoms with E-state index in [1.807, 2.05) is 0 Å². The largest absolute Gasteiger partial charge is 0.333 e. The van der Waals surface area contributed by atoms with Gasteiger partial charge in [0.2, 0.25) is 0 Å². The molecule has 0 saturated heterocycles. The molecule has 0 N–H and O–H groups in total. The van der Waals surface area contributed by atoms with Crippen molar-refractivity contribution in [2.75, 3.05) is 9.80 Å². The maximum Gasteiger partial charge on any atom is 0.0560 e. The van der Waals surface area contributed by atoms with Crippen molar-refractivity contribution in [3.05, 3.63) is 249 Å². The van der Waals surface area contributed by atoms with Crippen LogP contribution in [0.15, 0.2) is 249 Å². The monoisotopic (exact) mass is 820 g/mol. The van der Waals surface area contributed by atoms with E-state index in [0.717, 1.165) is 57.4 Å². The molecular weight excluding hydrogens is 777 g/mol. The third kappa shape index (κ3) is 6.47. The molecule has 9 aromatic carbocycles. The molecule has 0 radical (unpaired) electrons. The van der Waals surface area contributed by atoms with E-state index in [4.69, 9.17) is 0 Å². The highest BCUT2D eigenvalue weighted by atomic mass is 15.1. The summed E-state index contributed by atoms with van der Waals surface area (Å²) in [5, 5.41) is 4.99. The van der Waals surface area contributed by atoms with Gasteiger partial charge in [-0.2, -0.15) is 0 Å². The molecule has 0 spiro atoms. The van der Waals surface area contributed by atoms with E-state index in [2.05, 4.69) is 268 Å². The van der Waals surface area contributed by atoms with Crippen LogP contribution in [0.4, 0.5) is 34.1 Å². The van der Waals surface area contributed by atoms with E-state index in [0.29, 0.717) is 0 Å². The molecule has 1 unspecified atom stereocenters. The van der Waals surface area contributed by atoms with Crippen LogP contribution in [-0.2, 0) is 0 Å². The topological polar surface area (TPSA) is 16.3 Å². The molecule has 4 heteroatoms. The Kier molecular flexibility index (Phi) is 9.27. The van der Waals surface area contributed by atoms with E-state index in [1.165, 1.54) is 43.6 Å². The van der Waals surface area contributed by atoms with Crippen molar-refractivity contribution in [1.82, 2.24) is 9.13 Å². The van der Waals surface area contributed by atoms with Crippen molar-refractivity contribution in [1.29, 1.82) is 0 Å². The molecule has 2 heterocycles. The Balaban J connectivity index is 0.897.